The zero-order valence-corrected chi connectivity index (χ0v) is 12.8. The van der Waals surface area contributed by atoms with Gasteiger partial charge in [0.1, 0.15) is 10.6 Å². The Morgan fingerprint density at radius 3 is 2.89 bits per heavy atom. The number of rotatable bonds is 5. The van der Waals surface area contributed by atoms with Crippen molar-refractivity contribution in [1.82, 2.24) is 9.97 Å². The Morgan fingerprint density at radius 1 is 1.47 bits per heavy atom. The zero-order chi connectivity index (χ0) is 14.0. The molecule has 0 fully saturated rings. The van der Waals surface area contributed by atoms with Gasteiger partial charge < -0.3 is 10.4 Å². The molecule has 0 saturated heterocycles. The Morgan fingerprint density at radius 2 is 2.21 bits per heavy atom. The second-order valence-electron chi connectivity index (χ2n) is 5.43. The van der Waals surface area contributed by atoms with E-state index in [0.717, 1.165) is 16.6 Å². The van der Waals surface area contributed by atoms with Crippen molar-refractivity contribution in [2.75, 3.05) is 11.9 Å². The fourth-order valence-corrected chi connectivity index (χ4v) is 3.17. The summed E-state index contributed by atoms with van der Waals surface area (Å²) in [5.41, 5.74) is -0.770. The minimum Gasteiger partial charge on any atom is -0.388 e. The highest BCUT2D eigenvalue weighted by Crippen LogP contribution is 2.27. The number of aliphatic hydroxyl groups is 1. The number of nitrogens with zero attached hydrogens (tertiary/aromatic N) is 2. The van der Waals surface area contributed by atoms with E-state index in [9.17, 15) is 5.11 Å². The van der Waals surface area contributed by atoms with Gasteiger partial charge in [-0.2, -0.15) is 0 Å². The van der Waals surface area contributed by atoms with E-state index >= 15 is 0 Å². The van der Waals surface area contributed by atoms with E-state index in [1.165, 1.54) is 11.3 Å². The number of aromatic nitrogens is 2. The van der Waals surface area contributed by atoms with Gasteiger partial charge in [-0.05, 0) is 42.3 Å². The van der Waals surface area contributed by atoms with Crippen molar-refractivity contribution < 1.29 is 5.11 Å². The van der Waals surface area contributed by atoms with Crippen LogP contribution in [0.1, 0.15) is 27.2 Å². The number of hydrogen-bond acceptors (Lipinski definition) is 5. The molecular weight excluding hydrogens is 282 g/mol. The average molecular weight is 300 g/mol. The molecule has 0 spiro atoms. The number of halogens is 1. The first kappa shape index (κ1) is 14.5. The van der Waals surface area contributed by atoms with Gasteiger partial charge in [0.15, 0.2) is 0 Å². The maximum absolute atomic E-state index is 10.3. The molecule has 2 rings (SSSR count). The summed E-state index contributed by atoms with van der Waals surface area (Å²) in [6, 6.07) is 1.95. The molecule has 0 amide bonds. The molecule has 0 aliphatic carbocycles. The number of fused-ring (bicyclic) bond motifs is 1. The highest BCUT2D eigenvalue weighted by molar-refractivity contribution is 7.16. The van der Waals surface area contributed by atoms with Crippen LogP contribution in [0.2, 0.25) is 5.28 Å². The summed E-state index contributed by atoms with van der Waals surface area (Å²) < 4.78 is 0. The second kappa shape index (κ2) is 5.61. The third kappa shape index (κ3) is 3.78. The monoisotopic (exact) mass is 299 g/mol. The van der Waals surface area contributed by atoms with Crippen molar-refractivity contribution in [1.29, 1.82) is 0 Å². The number of nitrogens with one attached hydrogen (secondary N) is 1. The van der Waals surface area contributed by atoms with E-state index in [1.807, 2.05) is 18.4 Å². The van der Waals surface area contributed by atoms with Crippen LogP contribution in [0, 0.1) is 5.92 Å². The molecule has 0 radical (unpaired) electrons. The lowest BCUT2D eigenvalue weighted by Gasteiger charge is -2.26. The molecule has 1 unspecified atom stereocenters. The molecule has 0 saturated carbocycles. The molecule has 2 aromatic rings. The van der Waals surface area contributed by atoms with Crippen LogP contribution in [-0.4, -0.2) is 27.2 Å². The van der Waals surface area contributed by atoms with Crippen molar-refractivity contribution in [3.05, 3.63) is 16.7 Å². The smallest absolute Gasteiger partial charge is 0.225 e. The van der Waals surface area contributed by atoms with Crippen molar-refractivity contribution in [3.63, 3.8) is 0 Å². The van der Waals surface area contributed by atoms with Crippen LogP contribution in [0.5, 0.6) is 0 Å². The highest BCUT2D eigenvalue weighted by atomic mass is 35.5. The number of hydrogen-bond donors (Lipinski definition) is 2. The lowest BCUT2D eigenvalue weighted by atomic mass is 9.94. The van der Waals surface area contributed by atoms with E-state index < -0.39 is 5.60 Å². The molecule has 104 valence electrons. The molecule has 19 heavy (non-hydrogen) atoms. The fraction of sp³-hybridized carbons (Fsp3) is 0.538. The quantitative estimate of drug-likeness (QED) is 0.829. The lowest BCUT2D eigenvalue weighted by Crippen LogP contribution is -2.35. The number of thiophene rings is 1. The second-order valence-corrected chi connectivity index (χ2v) is 6.66. The van der Waals surface area contributed by atoms with E-state index in [2.05, 4.69) is 29.1 Å². The van der Waals surface area contributed by atoms with Gasteiger partial charge >= 0.3 is 0 Å². The Labute approximate surface area is 121 Å². The maximum atomic E-state index is 10.3. The topological polar surface area (TPSA) is 58.0 Å². The van der Waals surface area contributed by atoms with Crippen LogP contribution < -0.4 is 5.32 Å². The van der Waals surface area contributed by atoms with Crippen LogP contribution in [0.15, 0.2) is 11.4 Å². The molecule has 2 N–H and O–H groups in total. The van der Waals surface area contributed by atoms with Crippen LogP contribution in [0.3, 0.4) is 0 Å². The summed E-state index contributed by atoms with van der Waals surface area (Å²) in [5.74, 6) is 1.12. The minimum absolute atomic E-state index is 0.223. The molecule has 6 heteroatoms. The molecular formula is C13H18ClN3OS. The number of anilines is 1. The van der Waals surface area contributed by atoms with E-state index in [0.29, 0.717) is 18.3 Å². The van der Waals surface area contributed by atoms with Crippen molar-refractivity contribution >= 4 is 39.0 Å². The fourth-order valence-electron chi connectivity index (χ4n) is 2.19. The van der Waals surface area contributed by atoms with Gasteiger partial charge in [0, 0.05) is 6.54 Å². The third-order valence-electron chi connectivity index (χ3n) is 2.78. The van der Waals surface area contributed by atoms with E-state index in [1.54, 1.807) is 0 Å². The van der Waals surface area contributed by atoms with Crippen LogP contribution in [0.4, 0.5) is 5.82 Å². The molecule has 2 heterocycles. The van der Waals surface area contributed by atoms with Gasteiger partial charge in [0.05, 0.1) is 11.0 Å². The summed E-state index contributed by atoms with van der Waals surface area (Å²) >= 11 is 7.42. The minimum atomic E-state index is -0.770. The Kier molecular flexibility index (Phi) is 4.28. The molecule has 0 aliphatic heterocycles. The molecule has 2 aromatic heterocycles. The molecule has 0 bridgehead atoms. The maximum Gasteiger partial charge on any atom is 0.225 e. The standard InChI is InChI=1S/C13H18ClN3OS/c1-8(2)6-13(3,18)7-15-10-9-4-5-19-11(9)17-12(14)16-10/h4-5,8,18H,6-7H2,1-3H3,(H,15,16,17). The van der Waals surface area contributed by atoms with Gasteiger partial charge in [-0.25, -0.2) is 9.97 Å². The zero-order valence-electron chi connectivity index (χ0n) is 11.3. The summed E-state index contributed by atoms with van der Waals surface area (Å²) in [4.78, 5) is 9.21. The molecule has 0 aliphatic rings. The molecule has 0 aromatic carbocycles. The Hall–Kier alpha value is -0.910. The van der Waals surface area contributed by atoms with Gasteiger partial charge in [0.25, 0.3) is 0 Å². The first-order chi connectivity index (χ1) is 8.87. The van der Waals surface area contributed by atoms with E-state index in [4.69, 9.17) is 11.6 Å². The van der Waals surface area contributed by atoms with E-state index in [-0.39, 0.29) is 5.28 Å². The molecule has 1 atom stereocenters. The predicted octanol–water partition coefficient (Wildman–Crippen LogP) is 3.55. The van der Waals surface area contributed by atoms with Gasteiger partial charge in [-0.1, -0.05) is 13.8 Å². The largest absolute Gasteiger partial charge is 0.388 e. The van der Waals surface area contributed by atoms with Crippen LogP contribution in [0.25, 0.3) is 10.2 Å². The first-order valence-corrected chi connectivity index (χ1v) is 7.50. The summed E-state index contributed by atoms with van der Waals surface area (Å²) in [6.45, 7) is 6.44. The Balaban J connectivity index is 2.15. The van der Waals surface area contributed by atoms with Gasteiger partial charge in [0.2, 0.25) is 5.28 Å². The highest BCUT2D eigenvalue weighted by Gasteiger charge is 2.22. The average Bonchev–Trinajstić information content (AvgIpc) is 2.71. The third-order valence-corrected chi connectivity index (χ3v) is 3.76. The van der Waals surface area contributed by atoms with Crippen molar-refractivity contribution in [3.8, 4) is 0 Å². The van der Waals surface area contributed by atoms with Gasteiger partial charge in [-0.15, -0.1) is 11.3 Å². The molecule has 4 nitrogen and oxygen atoms in total. The SMILES string of the molecule is CC(C)CC(C)(O)CNc1nc(Cl)nc2sccc12. The summed E-state index contributed by atoms with van der Waals surface area (Å²) in [7, 11) is 0. The van der Waals surface area contributed by atoms with Crippen molar-refractivity contribution in [2.24, 2.45) is 5.92 Å². The predicted molar refractivity (Wildman–Crippen MR) is 81.0 cm³/mol. The van der Waals surface area contributed by atoms with Crippen LogP contribution >= 0.6 is 22.9 Å². The lowest BCUT2D eigenvalue weighted by molar-refractivity contribution is 0.0515. The first-order valence-electron chi connectivity index (χ1n) is 6.24. The Bertz CT molecular complexity index is 568. The summed E-state index contributed by atoms with van der Waals surface area (Å²) in [6.07, 6.45) is 0.728. The van der Waals surface area contributed by atoms with Crippen LogP contribution in [-0.2, 0) is 0 Å². The van der Waals surface area contributed by atoms with Crippen molar-refractivity contribution in [2.45, 2.75) is 32.8 Å². The van der Waals surface area contributed by atoms with Gasteiger partial charge in [-0.3, -0.25) is 0 Å². The summed E-state index contributed by atoms with van der Waals surface area (Å²) in [5, 5.41) is 16.6. The normalized spacial score (nSPS) is 14.8.